The van der Waals surface area contributed by atoms with Gasteiger partial charge in [0, 0.05) is 13.1 Å². The molecule has 1 heterocycles. The summed E-state index contributed by atoms with van der Waals surface area (Å²) in [5.74, 6) is 1.03. The second kappa shape index (κ2) is 6.55. The van der Waals surface area contributed by atoms with E-state index in [0.717, 1.165) is 18.9 Å². The number of hydrogen-bond donors (Lipinski definition) is 1. The standard InChI is InChI=1S/C15H24N2O2/c1-10(2)8-17(9-11(3)4)14-7-6-13(15(18)19)12(5)16-14/h6-7,10-11H,8-9H2,1-5H3,(H,18,19). The second-order valence-corrected chi connectivity index (χ2v) is 5.80. The molecule has 0 atom stereocenters. The van der Waals surface area contributed by atoms with Crippen LogP contribution in [-0.4, -0.2) is 29.1 Å². The summed E-state index contributed by atoms with van der Waals surface area (Å²) in [6.07, 6.45) is 0. The molecular weight excluding hydrogens is 240 g/mol. The minimum atomic E-state index is -0.921. The van der Waals surface area contributed by atoms with Crippen LogP contribution in [0.1, 0.15) is 43.7 Å². The molecule has 19 heavy (non-hydrogen) atoms. The van der Waals surface area contributed by atoms with Crippen molar-refractivity contribution >= 4 is 11.8 Å². The van der Waals surface area contributed by atoms with E-state index in [0.29, 0.717) is 17.5 Å². The number of rotatable bonds is 6. The number of aryl methyl sites for hydroxylation is 1. The Kier molecular flexibility index (Phi) is 5.33. The van der Waals surface area contributed by atoms with Gasteiger partial charge in [-0.15, -0.1) is 0 Å². The van der Waals surface area contributed by atoms with E-state index in [-0.39, 0.29) is 5.56 Å². The molecule has 0 aliphatic heterocycles. The molecule has 0 spiro atoms. The maximum Gasteiger partial charge on any atom is 0.337 e. The second-order valence-electron chi connectivity index (χ2n) is 5.80. The van der Waals surface area contributed by atoms with E-state index in [1.807, 2.05) is 0 Å². The van der Waals surface area contributed by atoms with Crippen LogP contribution in [0.5, 0.6) is 0 Å². The Bertz CT molecular complexity index is 432. The molecule has 0 saturated heterocycles. The molecule has 0 fully saturated rings. The lowest BCUT2D eigenvalue weighted by atomic mass is 10.1. The number of aromatic nitrogens is 1. The summed E-state index contributed by atoms with van der Waals surface area (Å²) < 4.78 is 0. The summed E-state index contributed by atoms with van der Waals surface area (Å²) in [6, 6.07) is 3.45. The molecule has 0 bridgehead atoms. The molecule has 0 saturated carbocycles. The highest BCUT2D eigenvalue weighted by molar-refractivity contribution is 5.89. The van der Waals surface area contributed by atoms with Gasteiger partial charge < -0.3 is 10.0 Å². The molecule has 0 amide bonds. The fraction of sp³-hybridized carbons (Fsp3) is 0.600. The maximum atomic E-state index is 11.0. The molecule has 4 heteroatoms. The third kappa shape index (κ3) is 4.54. The lowest BCUT2D eigenvalue weighted by Gasteiger charge is -2.27. The smallest absolute Gasteiger partial charge is 0.337 e. The molecule has 1 N–H and O–H groups in total. The highest BCUT2D eigenvalue weighted by atomic mass is 16.4. The van der Waals surface area contributed by atoms with Crippen LogP contribution in [0.25, 0.3) is 0 Å². The normalized spacial score (nSPS) is 11.1. The molecule has 1 aromatic heterocycles. The van der Waals surface area contributed by atoms with Gasteiger partial charge in [-0.3, -0.25) is 0 Å². The van der Waals surface area contributed by atoms with Gasteiger partial charge in [-0.05, 0) is 30.9 Å². The molecule has 1 rings (SSSR count). The fourth-order valence-corrected chi connectivity index (χ4v) is 2.09. The zero-order valence-electron chi connectivity index (χ0n) is 12.5. The molecule has 0 unspecified atom stereocenters. The number of aromatic carboxylic acids is 1. The quantitative estimate of drug-likeness (QED) is 0.857. The van der Waals surface area contributed by atoms with Gasteiger partial charge in [0.15, 0.2) is 0 Å². The van der Waals surface area contributed by atoms with E-state index in [4.69, 9.17) is 5.11 Å². The minimum Gasteiger partial charge on any atom is -0.478 e. The average molecular weight is 264 g/mol. The summed E-state index contributed by atoms with van der Waals surface area (Å²) >= 11 is 0. The molecule has 106 valence electrons. The molecule has 0 aromatic carbocycles. The van der Waals surface area contributed by atoms with Crippen LogP contribution in [0, 0.1) is 18.8 Å². The third-order valence-electron chi connectivity index (χ3n) is 2.80. The van der Waals surface area contributed by atoms with Crippen molar-refractivity contribution in [1.29, 1.82) is 0 Å². The van der Waals surface area contributed by atoms with Gasteiger partial charge in [-0.1, -0.05) is 27.7 Å². The topological polar surface area (TPSA) is 53.4 Å². The van der Waals surface area contributed by atoms with Crippen LogP contribution in [0.3, 0.4) is 0 Å². The Morgan fingerprint density at radius 1 is 1.21 bits per heavy atom. The van der Waals surface area contributed by atoms with E-state index in [9.17, 15) is 4.79 Å². The van der Waals surface area contributed by atoms with Crippen molar-refractivity contribution in [2.45, 2.75) is 34.6 Å². The zero-order chi connectivity index (χ0) is 14.6. The first kappa shape index (κ1) is 15.5. The van der Waals surface area contributed by atoms with Gasteiger partial charge in [0.1, 0.15) is 5.82 Å². The van der Waals surface area contributed by atoms with Crippen molar-refractivity contribution in [2.75, 3.05) is 18.0 Å². The van der Waals surface area contributed by atoms with Crippen LogP contribution in [0.2, 0.25) is 0 Å². The van der Waals surface area contributed by atoms with Crippen molar-refractivity contribution in [3.63, 3.8) is 0 Å². The number of carboxylic acids is 1. The van der Waals surface area contributed by atoms with Crippen LogP contribution in [0.15, 0.2) is 12.1 Å². The van der Waals surface area contributed by atoms with Crippen molar-refractivity contribution < 1.29 is 9.90 Å². The molecule has 0 aliphatic rings. The number of carbonyl (C=O) groups is 1. The number of pyridine rings is 1. The first-order valence-electron chi connectivity index (χ1n) is 6.77. The lowest BCUT2D eigenvalue weighted by molar-refractivity contribution is 0.0695. The number of carboxylic acid groups (broad SMARTS) is 1. The first-order chi connectivity index (χ1) is 8.81. The van der Waals surface area contributed by atoms with Crippen LogP contribution in [-0.2, 0) is 0 Å². The third-order valence-corrected chi connectivity index (χ3v) is 2.80. The van der Waals surface area contributed by atoms with Gasteiger partial charge in [0.05, 0.1) is 11.3 Å². The predicted molar refractivity (Wildman–Crippen MR) is 77.8 cm³/mol. The molecule has 0 aliphatic carbocycles. The maximum absolute atomic E-state index is 11.0. The Morgan fingerprint density at radius 2 is 1.74 bits per heavy atom. The Labute approximate surface area is 115 Å². The summed E-state index contributed by atoms with van der Waals surface area (Å²) in [5.41, 5.74) is 0.848. The van der Waals surface area contributed by atoms with E-state index in [1.54, 1.807) is 19.1 Å². The number of anilines is 1. The predicted octanol–water partition coefficient (Wildman–Crippen LogP) is 3.21. The number of hydrogen-bond acceptors (Lipinski definition) is 3. The summed E-state index contributed by atoms with van der Waals surface area (Å²) in [5, 5.41) is 9.03. The monoisotopic (exact) mass is 264 g/mol. The SMILES string of the molecule is Cc1nc(N(CC(C)C)CC(C)C)ccc1C(=O)O. The van der Waals surface area contributed by atoms with Crippen LogP contribution < -0.4 is 4.90 Å². The molecule has 0 radical (unpaired) electrons. The highest BCUT2D eigenvalue weighted by Crippen LogP contribution is 2.18. The lowest BCUT2D eigenvalue weighted by Crippen LogP contribution is -2.32. The van der Waals surface area contributed by atoms with Crippen molar-refractivity contribution in [2.24, 2.45) is 11.8 Å². The van der Waals surface area contributed by atoms with E-state index < -0.39 is 5.97 Å². The van der Waals surface area contributed by atoms with E-state index in [2.05, 4.69) is 37.6 Å². The van der Waals surface area contributed by atoms with Gasteiger partial charge in [0.2, 0.25) is 0 Å². The van der Waals surface area contributed by atoms with E-state index in [1.165, 1.54) is 0 Å². The minimum absolute atomic E-state index is 0.276. The average Bonchev–Trinajstić information content (AvgIpc) is 2.26. The Morgan fingerprint density at radius 3 is 2.11 bits per heavy atom. The summed E-state index contributed by atoms with van der Waals surface area (Å²) in [6.45, 7) is 12.3. The van der Waals surface area contributed by atoms with Gasteiger partial charge >= 0.3 is 5.97 Å². The van der Waals surface area contributed by atoms with Crippen LogP contribution in [0.4, 0.5) is 5.82 Å². The molecule has 1 aromatic rings. The Hall–Kier alpha value is -1.58. The van der Waals surface area contributed by atoms with Crippen molar-refractivity contribution in [3.8, 4) is 0 Å². The fourth-order valence-electron chi connectivity index (χ4n) is 2.09. The number of nitrogens with zero attached hydrogens (tertiary/aromatic N) is 2. The highest BCUT2D eigenvalue weighted by Gasteiger charge is 2.14. The summed E-state index contributed by atoms with van der Waals surface area (Å²) in [7, 11) is 0. The van der Waals surface area contributed by atoms with Crippen molar-refractivity contribution in [3.05, 3.63) is 23.4 Å². The summed E-state index contributed by atoms with van der Waals surface area (Å²) in [4.78, 5) is 17.7. The molecule has 4 nitrogen and oxygen atoms in total. The van der Waals surface area contributed by atoms with Gasteiger partial charge in [0.25, 0.3) is 0 Å². The Balaban J connectivity index is 3.02. The van der Waals surface area contributed by atoms with Crippen LogP contribution >= 0.6 is 0 Å². The largest absolute Gasteiger partial charge is 0.478 e. The van der Waals surface area contributed by atoms with Crippen molar-refractivity contribution in [1.82, 2.24) is 4.98 Å². The van der Waals surface area contributed by atoms with E-state index >= 15 is 0 Å². The first-order valence-corrected chi connectivity index (χ1v) is 6.77. The van der Waals surface area contributed by atoms with Gasteiger partial charge in [-0.2, -0.15) is 0 Å². The van der Waals surface area contributed by atoms with Gasteiger partial charge in [-0.25, -0.2) is 9.78 Å². The molecular formula is C15H24N2O2. The zero-order valence-corrected chi connectivity index (χ0v) is 12.5.